The van der Waals surface area contributed by atoms with Crippen molar-refractivity contribution in [3.63, 3.8) is 0 Å². The van der Waals surface area contributed by atoms with Gasteiger partial charge in [-0.15, -0.1) is 0 Å². The standard InChI is InChI=1S/C7H10N2O3.K.H/c1-7(2,3)6-8-4(5(10)11)9-12-6;;/h1-3H3,(H,10,11);;. The minimum atomic E-state index is -1.17. The molecule has 1 N–H and O–H groups in total. The van der Waals surface area contributed by atoms with Gasteiger partial charge in [-0.25, -0.2) is 4.79 Å². The van der Waals surface area contributed by atoms with Crippen LogP contribution >= 0.6 is 0 Å². The summed E-state index contributed by atoms with van der Waals surface area (Å²) in [6.07, 6.45) is 0. The Balaban J connectivity index is 0.00000144. The van der Waals surface area contributed by atoms with Crippen molar-refractivity contribution in [1.82, 2.24) is 10.1 Å². The van der Waals surface area contributed by atoms with Crippen LogP contribution in [0.25, 0.3) is 0 Å². The van der Waals surface area contributed by atoms with E-state index in [9.17, 15) is 4.79 Å². The second-order valence-electron chi connectivity index (χ2n) is 3.48. The Morgan fingerprint density at radius 2 is 2.00 bits per heavy atom. The number of nitrogens with zero attached hydrogens (tertiary/aromatic N) is 2. The van der Waals surface area contributed by atoms with E-state index in [4.69, 9.17) is 9.63 Å². The van der Waals surface area contributed by atoms with Crippen molar-refractivity contribution >= 4 is 57.4 Å². The van der Waals surface area contributed by atoms with Crippen LogP contribution in [0.1, 0.15) is 37.3 Å². The first-order valence-corrected chi connectivity index (χ1v) is 3.49. The number of carbonyl (C=O) groups is 1. The molecular formula is C7H11KN2O3. The van der Waals surface area contributed by atoms with Crippen LogP contribution in [-0.4, -0.2) is 72.6 Å². The summed E-state index contributed by atoms with van der Waals surface area (Å²) in [5.74, 6) is -1.13. The average molecular weight is 210 g/mol. The van der Waals surface area contributed by atoms with Gasteiger partial charge in [0.25, 0.3) is 5.82 Å². The van der Waals surface area contributed by atoms with Gasteiger partial charge in [0.15, 0.2) is 0 Å². The van der Waals surface area contributed by atoms with Crippen molar-refractivity contribution in [3.05, 3.63) is 11.7 Å². The van der Waals surface area contributed by atoms with Crippen molar-refractivity contribution in [2.24, 2.45) is 0 Å². The van der Waals surface area contributed by atoms with Crippen LogP contribution in [-0.2, 0) is 5.41 Å². The van der Waals surface area contributed by atoms with E-state index < -0.39 is 5.97 Å². The zero-order valence-corrected chi connectivity index (χ0v) is 7.16. The number of rotatable bonds is 1. The molecule has 1 aromatic rings. The summed E-state index contributed by atoms with van der Waals surface area (Å²) in [6.45, 7) is 5.60. The summed E-state index contributed by atoms with van der Waals surface area (Å²) in [7, 11) is 0. The third-order valence-electron chi connectivity index (χ3n) is 1.26. The predicted octanol–water partition coefficient (Wildman–Crippen LogP) is 0.417. The molecule has 1 heterocycles. The van der Waals surface area contributed by atoms with Gasteiger partial charge in [-0.2, -0.15) is 4.98 Å². The Labute approximate surface area is 118 Å². The second kappa shape index (κ2) is 4.65. The summed E-state index contributed by atoms with van der Waals surface area (Å²) in [4.78, 5) is 14.1. The van der Waals surface area contributed by atoms with Gasteiger partial charge in [0.05, 0.1) is 0 Å². The molecule has 0 aliphatic rings. The van der Waals surface area contributed by atoms with Gasteiger partial charge in [-0.1, -0.05) is 20.8 Å². The van der Waals surface area contributed by atoms with E-state index >= 15 is 0 Å². The third-order valence-corrected chi connectivity index (χ3v) is 1.26. The van der Waals surface area contributed by atoms with Crippen LogP contribution in [0, 0.1) is 0 Å². The Morgan fingerprint density at radius 1 is 1.46 bits per heavy atom. The molecule has 1 rings (SSSR count). The zero-order chi connectivity index (χ0) is 9.35. The summed E-state index contributed by atoms with van der Waals surface area (Å²) in [5.41, 5.74) is -0.305. The number of carboxylic acids is 1. The first-order valence-electron chi connectivity index (χ1n) is 3.49. The van der Waals surface area contributed by atoms with E-state index in [0.29, 0.717) is 5.89 Å². The van der Waals surface area contributed by atoms with Crippen LogP contribution in [0.5, 0.6) is 0 Å². The van der Waals surface area contributed by atoms with Gasteiger partial charge in [0.1, 0.15) is 0 Å². The maximum atomic E-state index is 10.4. The molecule has 13 heavy (non-hydrogen) atoms. The summed E-state index contributed by atoms with van der Waals surface area (Å²) in [5, 5.41) is 11.8. The van der Waals surface area contributed by atoms with E-state index in [0.717, 1.165) is 0 Å². The number of aromatic nitrogens is 2. The average Bonchev–Trinajstić information content (AvgIpc) is 2.30. The molecule has 0 saturated heterocycles. The maximum absolute atomic E-state index is 10.4. The van der Waals surface area contributed by atoms with E-state index in [-0.39, 0.29) is 62.6 Å². The summed E-state index contributed by atoms with van der Waals surface area (Å²) < 4.78 is 4.75. The molecule has 6 heteroatoms. The second-order valence-corrected chi connectivity index (χ2v) is 3.48. The monoisotopic (exact) mass is 210 g/mol. The van der Waals surface area contributed by atoms with Crippen molar-refractivity contribution in [2.45, 2.75) is 26.2 Å². The topological polar surface area (TPSA) is 76.2 Å². The first kappa shape index (κ1) is 13.2. The molecular weight excluding hydrogens is 199 g/mol. The molecule has 0 spiro atoms. The molecule has 0 aliphatic carbocycles. The van der Waals surface area contributed by atoms with Gasteiger partial charge >= 0.3 is 57.4 Å². The van der Waals surface area contributed by atoms with Crippen LogP contribution in [0.2, 0.25) is 0 Å². The normalized spacial score (nSPS) is 10.7. The molecule has 68 valence electrons. The van der Waals surface area contributed by atoms with Crippen molar-refractivity contribution < 1.29 is 14.4 Å². The van der Waals surface area contributed by atoms with Gasteiger partial charge in [-0.05, 0) is 5.16 Å². The molecule has 5 nitrogen and oxygen atoms in total. The Hall–Kier alpha value is 0.246. The SMILES string of the molecule is CC(C)(C)c1nc(C(=O)O)no1.[KH]. The number of hydrogen-bond donors (Lipinski definition) is 1. The fourth-order valence-electron chi connectivity index (χ4n) is 0.615. The quantitative estimate of drug-likeness (QED) is 0.680. The summed E-state index contributed by atoms with van der Waals surface area (Å²) in [6, 6.07) is 0. The molecule has 0 bridgehead atoms. The molecule has 0 fully saturated rings. The van der Waals surface area contributed by atoms with E-state index in [1.54, 1.807) is 0 Å². The molecule has 1 aromatic heterocycles. The van der Waals surface area contributed by atoms with E-state index in [1.165, 1.54) is 0 Å². The van der Waals surface area contributed by atoms with Gasteiger partial charge < -0.3 is 9.63 Å². The van der Waals surface area contributed by atoms with Crippen LogP contribution in [0.4, 0.5) is 0 Å². The van der Waals surface area contributed by atoms with Crippen molar-refractivity contribution in [2.75, 3.05) is 0 Å². The van der Waals surface area contributed by atoms with Crippen molar-refractivity contribution in [3.8, 4) is 0 Å². The van der Waals surface area contributed by atoms with E-state index in [2.05, 4.69) is 10.1 Å². The molecule has 0 atom stereocenters. The molecule has 0 aromatic carbocycles. The van der Waals surface area contributed by atoms with Gasteiger partial charge in [0.2, 0.25) is 5.89 Å². The van der Waals surface area contributed by atoms with Crippen LogP contribution in [0.3, 0.4) is 0 Å². The molecule has 0 radical (unpaired) electrons. The molecule has 0 amide bonds. The minimum absolute atomic E-state index is 0. The summed E-state index contributed by atoms with van der Waals surface area (Å²) >= 11 is 0. The van der Waals surface area contributed by atoms with Crippen LogP contribution < -0.4 is 0 Å². The Kier molecular flexibility index (Phi) is 4.74. The van der Waals surface area contributed by atoms with Crippen LogP contribution in [0.15, 0.2) is 4.52 Å². The number of carboxylic acid groups (broad SMARTS) is 1. The Morgan fingerprint density at radius 3 is 2.23 bits per heavy atom. The Bertz CT molecular complexity index is 303. The van der Waals surface area contributed by atoms with Gasteiger partial charge in [0, 0.05) is 5.41 Å². The fraction of sp³-hybridized carbons (Fsp3) is 0.571. The fourth-order valence-corrected chi connectivity index (χ4v) is 0.615. The number of hydrogen-bond acceptors (Lipinski definition) is 4. The van der Waals surface area contributed by atoms with Crippen molar-refractivity contribution in [1.29, 1.82) is 0 Å². The predicted molar refractivity (Wildman–Crippen MR) is 47.1 cm³/mol. The molecule has 0 saturated carbocycles. The number of aromatic carboxylic acids is 1. The first-order chi connectivity index (χ1) is 5.41. The van der Waals surface area contributed by atoms with E-state index in [1.807, 2.05) is 20.8 Å². The zero-order valence-electron chi connectivity index (χ0n) is 7.16. The third kappa shape index (κ3) is 3.47. The van der Waals surface area contributed by atoms with Gasteiger partial charge in [-0.3, -0.25) is 0 Å². The molecule has 0 unspecified atom stereocenters. The molecule has 0 aliphatic heterocycles.